The zero-order chi connectivity index (χ0) is 10.9. The van der Waals surface area contributed by atoms with Crippen LogP contribution in [0.1, 0.15) is 10.4 Å². The zero-order valence-electron chi connectivity index (χ0n) is 6.53. The van der Waals surface area contributed by atoms with E-state index < -0.39 is 23.3 Å². The third kappa shape index (κ3) is 2.43. The maximum atomic E-state index is 12.7. The molecule has 76 valence electrons. The van der Waals surface area contributed by atoms with Crippen molar-refractivity contribution < 1.29 is 22.4 Å². The first kappa shape index (κ1) is 11.4. The van der Waals surface area contributed by atoms with Crippen LogP contribution >= 0.6 is 22.6 Å². The lowest BCUT2D eigenvalue weighted by molar-refractivity contribution is -0.0885. The van der Waals surface area contributed by atoms with Crippen LogP contribution in [0.5, 0.6) is 0 Å². The summed E-state index contributed by atoms with van der Waals surface area (Å²) >= 11 is 1.52. The van der Waals surface area contributed by atoms with Crippen LogP contribution in [-0.4, -0.2) is 12.0 Å². The van der Waals surface area contributed by atoms with Crippen LogP contribution in [0.4, 0.5) is 17.6 Å². The fraction of sp³-hybridized carbons (Fsp3) is 0.125. The predicted molar refractivity (Wildman–Crippen MR) is 49.5 cm³/mol. The van der Waals surface area contributed by atoms with Gasteiger partial charge in [-0.25, -0.2) is 4.39 Å². The molecular formula is C8H3F4IO. The normalized spacial score (nSPS) is 11.5. The average Bonchev–Trinajstić information content (AvgIpc) is 2.07. The number of ketones is 1. The maximum absolute atomic E-state index is 12.7. The highest BCUT2D eigenvalue weighted by molar-refractivity contribution is 14.1. The van der Waals surface area contributed by atoms with Crippen LogP contribution in [0.3, 0.4) is 0 Å². The number of alkyl halides is 3. The second-order valence-corrected chi connectivity index (χ2v) is 3.62. The summed E-state index contributed by atoms with van der Waals surface area (Å²) in [6.45, 7) is 0. The minimum Gasteiger partial charge on any atom is -0.284 e. The Morgan fingerprint density at radius 2 is 1.86 bits per heavy atom. The quantitative estimate of drug-likeness (QED) is 0.442. The van der Waals surface area contributed by atoms with Crippen LogP contribution in [0.2, 0.25) is 0 Å². The van der Waals surface area contributed by atoms with Gasteiger partial charge in [-0.1, -0.05) is 0 Å². The molecule has 0 fully saturated rings. The topological polar surface area (TPSA) is 17.1 Å². The fourth-order valence-corrected chi connectivity index (χ4v) is 1.32. The molecular weight excluding hydrogens is 315 g/mol. The summed E-state index contributed by atoms with van der Waals surface area (Å²) in [6, 6.07) is 2.51. The Labute approximate surface area is 90.2 Å². The molecule has 0 amide bonds. The van der Waals surface area contributed by atoms with E-state index in [9.17, 15) is 22.4 Å². The molecule has 0 spiro atoms. The second kappa shape index (κ2) is 3.84. The monoisotopic (exact) mass is 318 g/mol. The van der Waals surface area contributed by atoms with Crippen LogP contribution in [0, 0.1) is 9.39 Å². The lowest BCUT2D eigenvalue weighted by atomic mass is 10.1. The van der Waals surface area contributed by atoms with E-state index in [0.29, 0.717) is 0 Å². The van der Waals surface area contributed by atoms with Crippen LogP contribution in [0.25, 0.3) is 0 Å². The third-order valence-corrected chi connectivity index (χ3v) is 2.27. The van der Waals surface area contributed by atoms with Crippen LogP contribution < -0.4 is 0 Å². The third-order valence-electron chi connectivity index (χ3n) is 1.44. The number of hydrogen-bond donors (Lipinski definition) is 0. The summed E-state index contributed by atoms with van der Waals surface area (Å²) in [7, 11) is 0. The van der Waals surface area contributed by atoms with Crippen molar-refractivity contribution in [2.75, 3.05) is 0 Å². The van der Waals surface area contributed by atoms with Crippen molar-refractivity contribution >= 4 is 28.4 Å². The molecule has 0 aliphatic heterocycles. The first-order valence-electron chi connectivity index (χ1n) is 3.39. The Balaban J connectivity index is 3.10. The number of benzene rings is 1. The second-order valence-electron chi connectivity index (χ2n) is 2.46. The summed E-state index contributed by atoms with van der Waals surface area (Å²) in [4.78, 5) is 10.7. The summed E-state index contributed by atoms with van der Waals surface area (Å²) in [5.41, 5.74) is -0.552. The minimum atomic E-state index is -4.92. The van der Waals surface area contributed by atoms with Gasteiger partial charge in [0.05, 0.1) is 0 Å². The molecule has 0 bridgehead atoms. The Bertz CT molecular complexity index is 372. The van der Waals surface area contributed by atoms with Gasteiger partial charge < -0.3 is 0 Å². The number of carbonyl (C=O) groups excluding carboxylic acids is 1. The van der Waals surface area contributed by atoms with Gasteiger partial charge in [0, 0.05) is 9.13 Å². The Hall–Kier alpha value is -0.660. The number of rotatable bonds is 1. The average molecular weight is 318 g/mol. The van der Waals surface area contributed by atoms with E-state index in [1.54, 1.807) is 0 Å². The molecule has 0 aromatic heterocycles. The van der Waals surface area contributed by atoms with E-state index in [2.05, 4.69) is 0 Å². The molecule has 0 saturated heterocycles. The fourth-order valence-electron chi connectivity index (χ4n) is 0.801. The molecule has 0 atom stereocenters. The van der Waals surface area contributed by atoms with Gasteiger partial charge in [0.25, 0.3) is 5.78 Å². The van der Waals surface area contributed by atoms with Crippen LogP contribution in [-0.2, 0) is 0 Å². The van der Waals surface area contributed by atoms with E-state index >= 15 is 0 Å². The molecule has 0 radical (unpaired) electrons. The van der Waals surface area contributed by atoms with Crippen molar-refractivity contribution in [3.8, 4) is 0 Å². The summed E-state index contributed by atoms with van der Waals surface area (Å²) in [6.07, 6.45) is -4.92. The lowest BCUT2D eigenvalue weighted by Crippen LogP contribution is -2.22. The predicted octanol–water partition coefficient (Wildman–Crippen LogP) is 3.18. The molecule has 0 unspecified atom stereocenters. The van der Waals surface area contributed by atoms with E-state index in [1.807, 2.05) is 0 Å². The van der Waals surface area contributed by atoms with Crippen molar-refractivity contribution in [1.82, 2.24) is 0 Å². The highest BCUT2D eigenvalue weighted by atomic mass is 127. The molecule has 1 aromatic rings. The van der Waals surface area contributed by atoms with Crippen molar-refractivity contribution in [3.63, 3.8) is 0 Å². The first-order valence-corrected chi connectivity index (χ1v) is 4.47. The smallest absolute Gasteiger partial charge is 0.284 e. The molecule has 1 rings (SSSR count). The first-order chi connectivity index (χ1) is 6.32. The highest BCUT2D eigenvalue weighted by Crippen LogP contribution is 2.23. The Morgan fingerprint density at radius 1 is 1.29 bits per heavy atom. The summed E-state index contributed by atoms with van der Waals surface area (Å²) < 4.78 is 48.4. The molecule has 1 aromatic carbocycles. The van der Waals surface area contributed by atoms with Gasteiger partial charge in [0.1, 0.15) is 5.82 Å². The largest absolute Gasteiger partial charge is 0.454 e. The molecule has 1 nitrogen and oxygen atoms in total. The van der Waals surface area contributed by atoms with Gasteiger partial charge in [0.2, 0.25) is 0 Å². The van der Waals surface area contributed by atoms with Crippen molar-refractivity contribution in [1.29, 1.82) is 0 Å². The zero-order valence-corrected chi connectivity index (χ0v) is 8.69. The number of halogens is 5. The van der Waals surface area contributed by atoms with Gasteiger partial charge in [-0.15, -0.1) is 0 Å². The Morgan fingerprint density at radius 3 is 2.29 bits per heavy atom. The molecule has 6 heteroatoms. The Kier molecular flexibility index (Phi) is 3.13. The van der Waals surface area contributed by atoms with Gasteiger partial charge in [-0.05, 0) is 40.8 Å². The number of Topliss-reactive ketones (excluding diaryl/α,β-unsaturated/α-hetero) is 1. The summed E-state index contributed by atoms with van der Waals surface area (Å²) in [5.74, 6) is -2.61. The molecule has 14 heavy (non-hydrogen) atoms. The van der Waals surface area contributed by atoms with Gasteiger partial charge >= 0.3 is 6.18 Å². The minimum absolute atomic E-state index is 0.0160. The summed E-state index contributed by atoms with van der Waals surface area (Å²) in [5, 5.41) is 0. The molecule has 0 N–H and O–H groups in total. The van der Waals surface area contributed by atoms with Gasteiger partial charge in [-0.3, -0.25) is 4.79 Å². The molecule has 0 heterocycles. The van der Waals surface area contributed by atoms with Crippen molar-refractivity contribution in [2.24, 2.45) is 0 Å². The van der Waals surface area contributed by atoms with Crippen LogP contribution in [0.15, 0.2) is 18.2 Å². The molecule has 0 saturated carbocycles. The van der Waals surface area contributed by atoms with Crippen molar-refractivity contribution in [2.45, 2.75) is 6.18 Å². The van der Waals surface area contributed by atoms with E-state index in [-0.39, 0.29) is 3.57 Å². The molecule has 0 aliphatic carbocycles. The van der Waals surface area contributed by atoms with E-state index in [0.717, 1.165) is 18.2 Å². The number of hydrogen-bond acceptors (Lipinski definition) is 1. The van der Waals surface area contributed by atoms with Gasteiger partial charge in [-0.2, -0.15) is 13.2 Å². The lowest BCUT2D eigenvalue weighted by Gasteiger charge is -2.05. The maximum Gasteiger partial charge on any atom is 0.454 e. The number of carbonyl (C=O) groups is 1. The van der Waals surface area contributed by atoms with Gasteiger partial charge in [0.15, 0.2) is 0 Å². The van der Waals surface area contributed by atoms with E-state index in [4.69, 9.17) is 0 Å². The van der Waals surface area contributed by atoms with Crippen molar-refractivity contribution in [3.05, 3.63) is 33.1 Å². The standard InChI is InChI=1S/C8H3F4IO/c9-5-2-1-4(3-6(5)13)7(14)8(10,11)12/h1-3H. The van der Waals surface area contributed by atoms with E-state index in [1.165, 1.54) is 22.6 Å². The molecule has 0 aliphatic rings. The highest BCUT2D eigenvalue weighted by Gasteiger charge is 2.39. The SMILES string of the molecule is O=C(c1ccc(F)c(I)c1)C(F)(F)F.